The van der Waals surface area contributed by atoms with Gasteiger partial charge in [-0.3, -0.25) is 14.9 Å². The summed E-state index contributed by atoms with van der Waals surface area (Å²) >= 11 is 1.38. The third kappa shape index (κ3) is 3.43. The number of nitrogens with zero attached hydrogens (tertiary/aromatic N) is 2. The first-order valence-electron chi connectivity index (χ1n) is 7.57. The fourth-order valence-corrected chi connectivity index (χ4v) is 4.28. The van der Waals surface area contributed by atoms with Gasteiger partial charge >= 0.3 is 5.97 Å². The number of carbonyl (C=O) groups is 2. The molecule has 1 aromatic carbocycles. The maximum atomic E-state index is 12.4. The zero-order valence-electron chi connectivity index (χ0n) is 12.8. The first-order valence-corrected chi connectivity index (χ1v) is 8.45. The molecule has 2 atom stereocenters. The van der Waals surface area contributed by atoms with Gasteiger partial charge in [0.2, 0.25) is 5.91 Å². The molecule has 0 spiro atoms. The molecule has 8 heteroatoms. The van der Waals surface area contributed by atoms with Crippen molar-refractivity contribution in [2.24, 2.45) is 5.92 Å². The number of carbonyl (C=O) groups excluding carboxylic acids is 1. The van der Waals surface area contributed by atoms with Gasteiger partial charge in [0.1, 0.15) is 0 Å². The molecule has 0 aliphatic carbocycles. The number of carboxylic acid groups (broad SMARTS) is 1. The molecule has 0 radical (unpaired) electrons. The van der Waals surface area contributed by atoms with E-state index in [9.17, 15) is 19.7 Å². The second kappa shape index (κ2) is 6.64. The van der Waals surface area contributed by atoms with Crippen LogP contribution in [-0.2, 0) is 16.0 Å². The molecule has 1 aromatic rings. The lowest BCUT2D eigenvalue weighted by Gasteiger charge is -2.34. The van der Waals surface area contributed by atoms with E-state index in [4.69, 9.17) is 5.11 Å². The van der Waals surface area contributed by atoms with Crippen LogP contribution >= 0.6 is 11.8 Å². The fourth-order valence-electron chi connectivity index (χ4n) is 3.03. The summed E-state index contributed by atoms with van der Waals surface area (Å²) < 4.78 is 0. The Labute approximate surface area is 142 Å². The highest BCUT2D eigenvalue weighted by Gasteiger charge is 2.37. The van der Waals surface area contributed by atoms with Crippen LogP contribution in [0.5, 0.6) is 0 Å². The number of benzene rings is 1. The van der Waals surface area contributed by atoms with Gasteiger partial charge in [-0.2, -0.15) is 0 Å². The summed E-state index contributed by atoms with van der Waals surface area (Å²) in [5.41, 5.74) is 0.733. The molecule has 1 amide bonds. The molecule has 2 aliphatic heterocycles. The molecule has 2 unspecified atom stereocenters. The lowest BCUT2D eigenvalue weighted by molar-refractivity contribution is -0.384. The Morgan fingerprint density at radius 3 is 2.67 bits per heavy atom. The van der Waals surface area contributed by atoms with Crippen molar-refractivity contribution in [3.63, 3.8) is 0 Å². The number of thioether (sulfide) groups is 1. The normalized spacial score (nSPS) is 22.7. The number of nitro benzene ring substituents is 1. The highest BCUT2D eigenvalue weighted by molar-refractivity contribution is 8.04. The minimum atomic E-state index is -0.904. The van der Waals surface area contributed by atoms with Gasteiger partial charge in [-0.1, -0.05) is 18.2 Å². The number of amides is 1. The van der Waals surface area contributed by atoms with Gasteiger partial charge in [-0.15, -0.1) is 11.8 Å². The number of carboxylic acids is 1. The Morgan fingerprint density at radius 1 is 1.33 bits per heavy atom. The second-order valence-corrected chi connectivity index (χ2v) is 7.17. The van der Waals surface area contributed by atoms with Gasteiger partial charge in [0.15, 0.2) is 0 Å². The predicted octanol–water partition coefficient (Wildman–Crippen LogP) is 2.07. The third-order valence-corrected chi connectivity index (χ3v) is 5.75. The topological polar surface area (TPSA) is 101 Å². The van der Waals surface area contributed by atoms with Crippen molar-refractivity contribution in [1.82, 2.24) is 4.90 Å². The summed E-state index contributed by atoms with van der Waals surface area (Å²) in [6.07, 6.45) is 2.72. The number of non-ortho nitro benzene ring substituents is 1. The quantitative estimate of drug-likeness (QED) is 0.660. The number of hydrogen-bond donors (Lipinski definition) is 1. The molecular formula is C16H16N2O5S. The van der Waals surface area contributed by atoms with E-state index in [2.05, 4.69) is 0 Å². The fraction of sp³-hybridized carbons (Fsp3) is 0.375. The average Bonchev–Trinajstić information content (AvgIpc) is 2.98. The van der Waals surface area contributed by atoms with Crippen molar-refractivity contribution in [3.05, 3.63) is 50.9 Å². The Balaban J connectivity index is 1.62. The average molecular weight is 348 g/mol. The summed E-state index contributed by atoms with van der Waals surface area (Å²) in [5.74, 6) is -0.863. The summed E-state index contributed by atoms with van der Waals surface area (Å²) in [4.78, 5) is 35.8. The van der Waals surface area contributed by atoms with E-state index < -0.39 is 10.9 Å². The molecule has 7 nitrogen and oxygen atoms in total. The van der Waals surface area contributed by atoms with Crippen molar-refractivity contribution in [1.29, 1.82) is 0 Å². The first kappa shape index (κ1) is 16.5. The Morgan fingerprint density at radius 2 is 2.04 bits per heavy atom. The molecule has 24 heavy (non-hydrogen) atoms. The second-order valence-electron chi connectivity index (χ2n) is 5.88. The Bertz CT molecular complexity index is 716. The summed E-state index contributed by atoms with van der Waals surface area (Å²) in [7, 11) is 0. The largest absolute Gasteiger partial charge is 0.477 e. The van der Waals surface area contributed by atoms with Gasteiger partial charge < -0.3 is 10.0 Å². The highest BCUT2D eigenvalue weighted by Crippen LogP contribution is 2.41. The van der Waals surface area contributed by atoms with E-state index in [0.717, 1.165) is 12.0 Å². The Hall–Kier alpha value is -2.35. The maximum absolute atomic E-state index is 12.4. The number of aliphatic carboxylic acids is 1. The van der Waals surface area contributed by atoms with Crippen LogP contribution in [0.3, 0.4) is 0 Å². The van der Waals surface area contributed by atoms with E-state index in [1.807, 2.05) is 0 Å². The van der Waals surface area contributed by atoms with Crippen LogP contribution in [0.1, 0.15) is 12.0 Å². The molecule has 2 heterocycles. The number of likely N-dealkylation sites (tertiary alicyclic amines) is 1. The van der Waals surface area contributed by atoms with E-state index in [1.165, 1.54) is 23.9 Å². The molecule has 1 N–H and O–H groups in total. The number of rotatable bonds is 4. The van der Waals surface area contributed by atoms with Crippen LogP contribution in [-0.4, -0.2) is 45.1 Å². The minimum absolute atomic E-state index is 0.00123. The minimum Gasteiger partial charge on any atom is -0.477 e. The van der Waals surface area contributed by atoms with E-state index in [1.54, 1.807) is 23.1 Å². The number of fused-ring (bicyclic) bond motifs is 1. The summed E-state index contributed by atoms with van der Waals surface area (Å²) in [6.45, 7) is 1.14. The Kier molecular flexibility index (Phi) is 4.57. The lowest BCUT2D eigenvalue weighted by Crippen LogP contribution is -2.44. The molecule has 1 saturated heterocycles. The molecular weight excluding hydrogens is 332 g/mol. The van der Waals surface area contributed by atoms with Crippen molar-refractivity contribution >= 4 is 29.3 Å². The van der Waals surface area contributed by atoms with Gasteiger partial charge in [0.25, 0.3) is 5.69 Å². The van der Waals surface area contributed by atoms with Crippen LogP contribution in [0.4, 0.5) is 5.69 Å². The van der Waals surface area contributed by atoms with E-state index >= 15 is 0 Å². The summed E-state index contributed by atoms with van der Waals surface area (Å²) in [6, 6.07) is 5.97. The maximum Gasteiger partial charge on any atom is 0.341 e. The van der Waals surface area contributed by atoms with Crippen molar-refractivity contribution < 1.29 is 19.6 Å². The molecule has 126 valence electrons. The predicted molar refractivity (Wildman–Crippen MR) is 88.6 cm³/mol. The van der Waals surface area contributed by atoms with E-state index in [0.29, 0.717) is 18.0 Å². The van der Waals surface area contributed by atoms with Gasteiger partial charge in [-0.25, -0.2) is 4.79 Å². The van der Waals surface area contributed by atoms with Crippen LogP contribution < -0.4 is 0 Å². The summed E-state index contributed by atoms with van der Waals surface area (Å²) in [5, 5.41) is 20.0. The first-order chi connectivity index (χ1) is 11.4. The molecule has 1 fully saturated rings. The van der Waals surface area contributed by atoms with Crippen LogP contribution in [0.25, 0.3) is 0 Å². The SMILES string of the molecule is O=C(O)C1=CC2CN(C(=O)Cc3ccc([N+](=O)[O-])cc3)CCC2S1. The van der Waals surface area contributed by atoms with Crippen LogP contribution in [0.2, 0.25) is 0 Å². The standard InChI is InChI=1S/C16H16N2O5S/c19-15(7-10-1-3-12(4-2-10)18(22)23)17-6-5-13-11(9-17)8-14(24-13)16(20)21/h1-4,8,11,13H,5-7,9H2,(H,20,21). The molecule has 0 bridgehead atoms. The molecule has 0 aromatic heterocycles. The lowest BCUT2D eigenvalue weighted by atomic mass is 9.96. The van der Waals surface area contributed by atoms with Crippen LogP contribution in [0, 0.1) is 16.0 Å². The molecule has 0 saturated carbocycles. The molecule has 2 aliphatic rings. The number of nitro groups is 1. The van der Waals surface area contributed by atoms with Crippen molar-refractivity contribution in [2.75, 3.05) is 13.1 Å². The van der Waals surface area contributed by atoms with Crippen molar-refractivity contribution in [2.45, 2.75) is 18.1 Å². The molecule has 3 rings (SSSR count). The highest BCUT2D eigenvalue weighted by atomic mass is 32.2. The smallest absolute Gasteiger partial charge is 0.341 e. The number of piperidine rings is 1. The van der Waals surface area contributed by atoms with Gasteiger partial charge in [-0.05, 0) is 12.0 Å². The third-order valence-electron chi connectivity index (χ3n) is 4.30. The van der Waals surface area contributed by atoms with Gasteiger partial charge in [0, 0.05) is 36.4 Å². The number of hydrogen-bond acceptors (Lipinski definition) is 5. The van der Waals surface area contributed by atoms with Gasteiger partial charge in [0.05, 0.1) is 16.2 Å². The van der Waals surface area contributed by atoms with E-state index in [-0.39, 0.29) is 29.2 Å². The van der Waals surface area contributed by atoms with Crippen molar-refractivity contribution in [3.8, 4) is 0 Å². The zero-order valence-corrected chi connectivity index (χ0v) is 13.6. The monoisotopic (exact) mass is 348 g/mol. The zero-order chi connectivity index (χ0) is 17.3. The van der Waals surface area contributed by atoms with Crippen LogP contribution in [0.15, 0.2) is 35.2 Å².